The van der Waals surface area contributed by atoms with E-state index in [4.69, 9.17) is 18.9 Å². The van der Waals surface area contributed by atoms with Gasteiger partial charge in [0.05, 0.1) is 13.2 Å². The van der Waals surface area contributed by atoms with Crippen molar-refractivity contribution in [3.05, 3.63) is 42.0 Å². The standard InChI is InChI=1S/C19H21NO5/c1-3-22-15-7-5-13(11-17(15)23-4-2)19(21)20-14-6-8-16-18(12-14)25-10-9-24-16/h5-8,11-12H,3-4,9-10H2,1-2H3,(H,20,21). The Morgan fingerprint density at radius 2 is 1.68 bits per heavy atom. The van der Waals surface area contributed by atoms with Gasteiger partial charge in [-0.25, -0.2) is 0 Å². The average molecular weight is 343 g/mol. The van der Waals surface area contributed by atoms with Gasteiger partial charge in [-0.15, -0.1) is 0 Å². The minimum absolute atomic E-state index is 0.235. The Hall–Kier alpha value is -2.89. The molecule has 0 fully saturated rings. The molecule has 6 nitrogen and oxygen atoms in total. The van der Waals surface area contributed by atoms with E-state index in [1.807, 2.05) is 13.8 Å². The first kappa shape index (κ1) is 17.0. The molecule has 0 aliphatic carbocycles. The van der Waals surface area contributed by atoms with Gasteiger partial charge in [-0.3, -0.25) is 4.79 Å². The number of benzene rings is 2. The lowest BCUT2D eigenvalue weighted by atomic mass is 10.1. The van der Waals surface area contributed by atoms with Crippen molar-refractivity contribution in [2.24, 2.45) is 0 Å². The maximum Gasteiger partial charge on any atom is 0.255 e. The van der Waals surface area contributed by atoms with Crippen molar-refractivity contribution in [1.82, 2.24) is 0 Å². The van der Waals surface area contributed by atoms with Crippen molar-refractivity contribution in [3.8, 4) is 23.0 Å². The van der Waals surface area contributed by atoms with Gasteiger partial charge in [0.1, 0.15) is 13.2 Å². The molecule has 6 heteroatoms. The molecule has 1 aliphatic heterocycles. The van der Waals surface area contributed by atoms with Crippen molar-refractivity contribution in [2.75, 3.05) is 31.7 Å². The maximum atomic E-state index is 12.5. The molecule has 0 aromatic heterocycles. The molecular formula is C19H21NO5. The van der Waals surface area contributed by atoms with Crippen LogP contribution in [-0.2, 0) is 0 Å². The molecule has 1 heterocycles. The highest BCUT2D eigenvalue weighted by molar-refractivity contribution is 6.04. The molecule has 3 rings (SSSR count). The van der Waals surface area contributed by atoms with Crippen LogP contribution in [0.2, 0.25) is 0 Å². The second-order valence-corrected chi connectivity index (χ2v) is 5.34. The van der Waals surface area contributed by atoms with Gasteiger partial charge in [-0.1, -0.05) is 0 Å². The van der Waals surface area contributed by atoms with Crippen molar-refractivity contribution >= 4 is 11.6 Å². The molecule has 25 heavy (non-hydrogen) atoms. The van der Waals surface area contributed by atoms with Gasteiger partial charge in [-0.2, -0.15) is 0 Å². The number of hydrogen-bond acceptors (Lipinski definition) is 5. The summed E-state index contributed by atoms with van der Waals surface area (Å²) in [4.78, 5) is 12.5. The predicted molar refractivity (Wildman–Crippen MR) is 94.2 cm³/mol. The minimum atomic E-state index is -0.235. The molecule has 0 saturated heterocycles. The Balaban J connectivity index is 1.77. The smallest absolute Gasteiger partial charge is 0.255 e. The molecule has 132 valence electrons. The summed E-state index contributed by atoms with van der Waals surface area (Å²) in [7, 11) is 0. The first-order valence-electron chi connectivity index (χ1n) is 8.32. The number of amides is 1. The van der Waals surface area contributed by atoms with E-state index < -0.39 is 0 Å². The fourth-order valence-corrected chi connectivity index (χ4v) is 2.52. The summed E-state index contributed by atoms with van der Waals surface area (Å²) in [5.74, 6) is 2.26. The molecule has 0 unspecified atom stereocenters. The lowest BCUT2D eigenvalue weighted by Gasteiger charge is -2.19. The van der Waals surface area contributed by atoms with Crippen molar-refractivity contribution in [1.29, 1.82) is 0 Å². The third kappa shape index (κ3) is 3.96. The first-order chi connectivity index (χ1) is 12.2. The minimum Gasteiger partial charge on any atom is -0.490 e. The molecule has 2 aromatic carbocycles. The van der Waals surface area contributed by atoms with Gasteiger partial charge in [0, 0.05) is 17.3 Å². The van der Waals surface area contributed by atoms with E-state index in [0.717, 1.165) is 0 Å². The van der Waals surface area contributed by atoms with Crippen LogP contribution >= 0.6 is 0 Å². The Bertz CT molecular complexity index is 759. The zero-order chi connectivity index (χ0) is 17.6. The number of nitrogens with one attached hydrogen (secondary N) is 1. The lowest BCUT2D eigenvalue weighted by molar-refractivity contribution is 0.102. The highest BCUT2D eigenvalue weighted by Gasteiger charge is 2.15. The van der Waals surface area contributed by atoms with E-state index in [0.29, 0.717) is 60.7 Å². The summed E-state index contributed by atoms with van der Waals surface area (Å²) >= 11 is 0. The first-order valence-corrected chi connectivity index (χ1v) is 8.32. The van der Waals surface area contributed by atoms with Crippen LogP contribution in [0.3, 0.4) is 0 Å². The number of anilines is 1. The molecule has 1 amide bonds. The average Bonchev–Trinajstić information content (AvgIpc) is 2.63. The number of rotatable bonds is 6. The monoisotopic (exact) mass is 343 g/mol. The van der Waals surface area contributed by atoms with E-state index in [1.54, 1.807) is 36.4 Å². The Kier molecular flexibility index (Phi) is 5.28. The molecule has 0 saturated carbocycles. The van der Waals surface area contributed by atoms with E-state index in [9.17, 15) is 4.79 Å². The number of fused-ring (bicyclic) bond motifs is 1. The summed E-state index contributed by atoms with van der Waals surface area (Å²) in [6, 6.07) is 10.5. The van der Waals surface area contributed by atoms with Gasteiger partial charge >= 0.3 is 0 Å². The van der Waals surface area contributed by atoms with Gasteiger partial charge < -0.3 is 24.3 Å². The lowest BCUT2D eigenvalue weighted by Crippen LogP contribution is -2.16. The number of carbonyl (C=O) groups is 1. The van der Waals surface area contributed by atoms with Crippen LogP contribution in [0.4, 0.5) is 5.69 Å². The normalized spacial score (nSPS) is 12.4. The fraction of sp³-hybridized carbons (Fsp3) is 0.316. The van der Waals surface area contributed by atoms with Crippen LogP contribution in [0, 0.1) is 0 Å². The largest absolute Gasteiger partial charge is 0.490 e. The van der Waals surface area contributed by atoms with Gasteiger partial charge in [0.25, 0.3) is 5.91 Å². The Labute approximate surface area is 146 Å². The highest BCUT2D eigenvalue weighted by Crippen LogP contribution is 2.33. The van der Waals surface area contributed by atoms with Gasteiger partial charge in [-0.05, 0) is 44.2 Å². The summed E-state index contributed by atoms with van der Waals surface area (Å²) in [5, 5.41) is 2.86. The Morgan fingerprint density at radius 1 is 0.960 bits per heavy atom. The summed E-state index contributed by atoms with van der Waals surface area (Å²) in [5.41, 5.74) is 1.13. The SMILES string of the molecule is CCOc1ccc(C(=O)Nc2ccc3c(c2)OCCO3)cc1OCC. The predicted octanol–water partition coefficient (Wildman–Crippen LogP) is 3.51. The van der Waals surface area contributed by atoms with Crippen molar-refractivity contribution < 1.29 is 23.7 Å². The van der Waals surface area contributed by atoms with E-state index in [1.165, 1.54) is 0 Å². The molecule has 1 aliphatic rings. The summed E-state index contributed by atoms with van der Waals surface area (Å²) in [6.07, 6.45) is 0. The Morgan fingerprint density at radius 3 is 2.44 bits per heavy atom. The van der Waals surface area contributed by atoms with Crippen LogP contribution in [-0.4, -0.2) is 32.3 Å². The second kappa shape index (κ2) is 7.79. The molecule has 0 spiro atoms. The quantitative estimate of drug-likeness (QED) is 0.869. The summed E-state index contributed by atoms with van der Waals surface area (Å²) < 4.78 is 22.1. The zero-order valence-corrected chi connectivity index (χ0v) is 14.3. The summed E-state index contributed by atoms with van der Waals surface area (Å²) in [6.45, 7) is 5.85. The molecule has 0 radical (unpaired) electrons. The van der Waals surface area contributed by atoms with Crippen LogP contribution in [0.25, 0.3) is 0 Å². The van der Waals surface area contributed by atoms with Crippen molar-refractivity contribution in [3.63, 3.8) is 0 Å². The van der Waals surface area contributed by atoms with Gasteiger partial charge in [0.2, 0.25) is 0 Å². The third-order valence-corrected chi connectivity index (χ3v) is 3.61. The second-order valence-electron chi connectivity index (χ2n) is 5.34. The third-order valence-electron chi connectivity index (χ3n) is 3.61. The number of hydrogen-bond donors (Lipinski definition) is 1. The van der Waals surface area contributed by atoms with Crippen LogP contribution in [0.5, 0.6) is 23.0 Å². The number of carbonyl (C=O) groups excluding carboxylic acids is 1. The van der Waals surface area contributed by atoms with Gasteiger partial charge in [0.15, 0.2) is 23.0 Å². The number of ether oxygens (including phenoxy) is 4. The van der Waals surface area contributed by atoms with Crippen molar-refractivity contribution in [2.45, 2.75) is 13.8 Å². The van der Waals surface area contributed by atoms with E-state index >= 15 is 0 Å². The van der Waals surface area contributed by atoms with E-state index in [2.05, 4.69) is 5.32 Å². The molecule has 0 atom stereocenters. The van der Waals surface area contributed by atoms with Crippen LogP contribution in [0.1, 0.15) is 24.2 Å². The molecule has 1 N–H and O–H groups in total. The molecular weight excluding hydrogens is 322 g/mol. The zero-order valence-electron chi connectivity index (χ0n) is 14.3. The van der Waals surface area contributed by atoms with Crippen LogP contribution < -0.4 is 24.3 Å². The highest BCUT2D eigenvalue weighted by atomic mass is 16.6. The van der Waals surface area contributed by atoms with E-state index in [-0.39, 0.29) is 5.91 Å². The maximum absolute atomic E-state index is 12.5. The fourth-order valence-electron chi connectivity index (χ4n) is 2.52. The topological polar surface area (TPSA) is 66.0 Å². The van der Waals surface area contributed by atoms with Crippen LogP contribution in [0.15, 0.2) is 36.4 Å². The molecule has 2 aromatic rings. The molecule has 0 bridgehead atoms.